The van der Waals surface area contributed by atoms with Crippen LogP contribution in [0.3, 0.4) is 0 Å². The molecule has 174 valence electrons. The number of fused-ring (bicyclic) bond motifs is 2. The topological polar surface area (TPSA) is 129 Å². The molecule has 12 heteroatoms. The van der Waals surface area contributed by atoms with E-state index in [1.165, 1.54) is 11.8 Å². The first-order chi connectivity index (χ1) is 16.4. The van der Waals surface area contributed by atoms with Crippen molar-refractivity contribution in [2.75, 3.05) is 18.5 Å². The van der Waals surface area contributed by atoms with Gasteiger partial charge in [-0.3, -0.25) is 19.8 Å². The molecule has 2 aliphatic rings. The van der Waals surface area contributed by atoms with E-state index < -0.39 is 29.9 Å². The van der Waals surface area contributed by atoms with Gasteiger partial charge in [0.2, 0.25) is 17.0 Å². The minimum Gasteiger partial charge on any atom is -0.493 e. The van der Waals surface area contributed by atoms with Gasteiger partial charge in [-0.25, -0.2) is 9.89 Å². The van der Waals surface area contributed by atoms with Crippen molar-refractivity contribution in [2.45, 2.75) is 22.9 Å². The second kappa shape index (κ2) is 8.99. The molecule has 3 heterocycles. The molecule has 1 atom stereocenters. The first kappa shape index (κ1) is 22.2. The van der Waals surface area contributed by atoms with Gasteiger partial charge in [0.25, 0.3) is 5.91 Å². The summed E-state index contributed by atoms with van der Waals surface area (Å²) >= 11 is 7.27. The summed E-state index contributed by atoms with van der Waals surface area (Å²) in [4.78, 5) is 43.6. The van der Waals surface area contributed by atoms with Gasteiger partial charge in [-0.15, -0.1) is 5.10 Å². The smallest absolute Gasteiger partial charge is 0.325 e. The fourth-order valence-electron chi connectivity index (χ4n) is 3.93. The summed E-state index contributed by atoms with van der Waals surface area (Å²) in [7, 11) is 0. The second-order valence-electron chi connectivity index (χ2n) is 7.75. The minimum atomic E-state index is -1.23. The number of thioether (sulfide) groups is 1. The molecule has 34 heavy (non-hydrogen) atoms. The van der Waals surface area contributed by atoms with Crippen LogP contribution in [0.4, 0.5) is 10.7 Å². The Balaban J connectivity index is 1.21. The molecule has 1 saturated heterocycles. The monoisotopic (exact) mass is 498 g/mol. The molecule has 0 radical (unpaired) electrons. The first-order valence-electron chi connectivity index (χ1n) is 10.4. The molecule has 0 bridgehead atoms. The number of para-hydroxylation sites is 1. The van der Waals surface area contributed by atoms with Gasteiger partial charge in [0.05, 0.1) is 6.61 Å². The summed E-state index contributed by atoms with van der Waals surface area (Å²) < 4.78 is 5.62. The van der Waals surface area contributed by atoms with E-state index in [0.29, 0.717) is 27.2 Å². The number of H-pyrrole nitrogens is 1. The van der Waals surface area contributed by atoms with E-state index in [1.807, 2.05) is 12.1 Å². The van der Waals surface area contributed by atoms with Crippen LogP contribution in [-0.2, 0) is 20.9 Å². The highest BCUT2D eigenvalue weighted by Gasteiger charge is 2.55. The number of aromatic amines is 1. The zero-order valence-electron chi connectivity index (χ0n) is 17.7. The Labute approximate surface area is 203 Å². The van der Waals surface area contributed by atoms with Crippen molar-refractivity contribution >= 4 is 47.2 Å². The highest BCUT2D eigenvalue weighted by molar-refractivity contribution is 7.98. The van der Waals surface area contributed by atoms with Crippen LogP contribution in [-0.4, -0.2) is 51.1 Å². The largest absolute Gasteiger partial charge is 0.493 e. The summed E-state index contributed by atoms with van der Waals surface area (Å²) in [6.07, 6.45) is 0.281. The van der Waals surface area contributed by atoms with Gasteiger partial charge < -0.3 is 10.1 Å². The summed E-state index contributed by atoms with van der Waals surface area (Å²) in [5, 5.41) is 13.1. The van der Waals surface area contributed by atoms with Gasteiger partial charge in [0.15, 0.2) is 5.54 Å². The van der Waals surface area contributed by atoms with Crippen LogP contribution >= 0.6 is 23.4 Å². The Morgan fingerprint density at radius 1 is 1.21 bits per heavy atom. The maximum absolute atomic E-state index is 13.2. The Hall–Kier alpha value is -3.57. The molecule has 0 unspecified atom stereocenters. The van der Waals surface area contributed by atoms with Gasteiger partial charge in [-0.05, 0) is 23.8 Å². The zero-order chi connectivity index (χ0) is 23.7. The molecular weight excluding hydrogens is 480 g/mol. The number of rotatable bonds is 6. The molecule has 0 aliphatic carbocycles. The molecular formula is C22H19ClN6O4S. The fraction of sp³-hybridized carbons (Fsp3) is 0.227. The number of urea groups is 1. The van der Waals surface area contributed by atoms with E-state index in [1.54, 1.807) is 36.4 Å². The zero-order valence-corrected chi connectivity index (χ0v) is 19.3. The van der Waals surface area contributed by atoms with Crippen LogP contribution in [0.25, 0.3) is 0 Å². The number of carbonyl (C=O) groups excluding carboxylic acids is 3. The lowest BCUT2D eigenvalue weighted by atomic mass is 9.84. The Bertz CT molecular complexity index is 1270. The predicted octanol–water partition coefficient (Wildman–Crippen LogP) is 2.92. The van der Waals surface area contributed by atoms with E-state index in [2.05, 4.69) is 25.8 Å². The van der Waals surface area contributed by atoms with Crippen LogP contribution in [0.15, 0.2) is 53.7 Å². The average molecular weight is 499 g/mol. The van der Waals surface area contributed by atoms with Crippen LogP contribution in [0.1, 0.15) is 17.5 Å². The van der Waals surface area contributed by atoms with Gasteiger partial charge in [-0.1, -0.05) is 53.7 Å². The molecule has 10 nitrogen and oxygen atoms in total. The van der Waals surface area contributed by atoms with E-state index in [-0.39, 0.29) is 19.0 Å². The third-order valence-electron chi connectivity index (χ3n) is 5.56. The van der Waals surface area contributed by atoms with E-state index in [9.17, 15) is 14.4 Å². The normalized spacial score (nSPS) is 19.0. The number of benzene rings is 2. The van der Waals surface area contributed by atoms with Crippen molar-refractivity contribution in [1.82, 2.24) is 25.4 Å². The highest BCUT2D eigenvalue weighted by Crippen LogP contribution is 2.40. The number of nitrogens with zero attached hydrogens (tertiary/aromatic N) is 3. The molecule has 2 aromatic carbocycles. The number of amides is 4. The van der Waals surface area contributed by atoms with Crippen molar-refractivity contribution in [2.24, 2.45) is 0 Å². The number of hydrogen-bond acceptors (Lipinski definition) is 7. The third-order valence-corrected chi connectivity index (χ3v) is 6.73. The summed E-state index contributed by atoms with van der Waals surface area (Å²) in [6.45, 7) is -0.180. The number of ether oxygens (including phenoxy) is 1. The van der Waals surface area contributed by atoms with Gasteiger partial charge in [-0.2, -0.15) is 4.98 Å². The maximum Gasteiger partial charge on any atom is 0.325 e. The Morgan fingerprint density at radius 2 is 2.00 bits per heavy atom. The quantitative estimate of drug-likeness (QED) is 0.352. The number of carbonyl (C=O) groups is 3. The lowest BCUT2D eigenvalue weighted by Crippen LogP contribution is -2.48. The van der Waals surface area contributed by atoms with Crippen molar-refractivity contribution in [3.8, 4) is 5.75 Å². The molecule has 4 amide bonds. The number of hydrogen-bond donors (Lipinski definition) is 3. The summed E-state index contributed by atoms with van der Waals surface area (Å²) in [6, 6.07) is 13.9. The summed E-state index contributed by atoms with van der Waals surface area (Å²) in [5.74, 6) is 0.227. The van der Waals surface area contributed by atoms with Crippen molar-refractivity contribution in [1.29, 1.82) is 0 Å². The van der Waals surface area contributed by atoms with Crippen molar-refractivity contribution in [3.05, 3.63) is 64.7 Å². The van der Waals surface area contributed by atoms with Crippen LogP contribution in [0, 0.1) is 0 Å². The number of imide groups is 1. The molecule has 3 N–H and O–H groups in total. The van der Waals surface area contributed by atoms with Gasteiger partial charge >= 0.3 is 6.03 Å². The fourth-order valence-corrected chi connectivity index (χ4v) is 4.81. The van der Waals surface area contributed by atoms with Crippen molar-refractivity contribution < 1.29 is 19.1 Å². The number of halogens is 1. The lowest BCUT2D eigenvalue weighted by molar-refractivity contribution is -0.135. The molecule has 3 aromatic rings. The van der Waals surface area contributed by atoms with Gasteiger partial charge in [0.1, 0.15) is 12.3 Å². The van der Waals surface area contributed by atoms with Crippen LogP contribution in [0.5, 0.6) is 5.75 Å². The molecule has 1 fully saturated rings. The third kappa shape index (κ3) is 4.19. The highest BCUT2D eigenvalue weighted by atomic mass is 35.5. The molecule has 0 saturated carbocycles. The van der Waals surface area contributed by atoms with Gasteiger partial charge in [0, 0.05) is 22.8 Å². The molecule has 1 aromatic heterocycles. The number of aromatic nitrogens is 3. The molecule has 5 rings (SSSR count). The van der Waals surface area contributed by atoms with Crippen LogP contribution < -0.4 is 15.4 Å². The predicted molar refractivity (Wildman–Crippen MR) is 125 cm³/mol. The number of anilines is 1. The van der Waals surface area contributed by atoms with E-state index >= 15 is 0 Å². The Morgan fingerprint density at radius 3 is 2.82 bits per heavy atom. The van der Waals surface area contributed by atoms with Crippen LogP contribution in [0.2, 0.25) is 5.02 Å². The maximum atomic E-state index is 13.2. The summed E-state index contributed by atoms with van der Waals surface area (Å²) in [5.41, 5.74) is 0.399. The molecule has 2 aliphatic heterocycles. The van der Waals surface area contributed by atoms with Crippen molar-refractivity contribution in [3.63, 3.8) is 0 Å². The molecule has 1 spiro atoms. The SMILES string of the molecule is O=C(CN1C(=O)N[C@]2(CCOc3ccccc32)C1=O)Nc1nc(SCc2ccc(Cl)cc2)n[nH]1. The Kier molecular flexibility index (Phi) is 5.88. The lowest BCUT2D eigenvalue weighted by Gasteiger charge is -2.33. The number of nitrogens with one attached hydrogen (secondary N) is 3. The average Bonchev–Trinajstić information content (AvgIpc) is 3.37. The van der Waals surface area contributed by atoms with E-state index in [4.69, 9.17) is 16.3 Å². The standard InChI is InChI=1S/C22H19ClN6O4S/c23-14-7-5-13(6-8-14)12-34-20-25-19(27-28-20)24-17(30)11-29-18(31)22(26-21(29)32)9-10-33-16-4-2-1-3-15(16)22/h1-8H,9-12H2,(H,26,32)(H2,24,25,27,28,30)/t22-/m0/s1. The minimum absolute atomic E-state index is 0.127. The second-order valence-corrected chi connectivity index (χ2v) is 9.13. The first-order valence-corrected chi connectivity index (χ1v) is 11.8. The van der Waals surface area contributed by atoms with E-state index in [0.717, 1.165) is 10.5 Å².